The van der Waals surface area contributed by atoms with E-state index in [0.29, 0.717) is 13.2 Å². The number of rotatable bonds is 17. The zero-order valence-corrected chi connectivity index (χ0v) is 34.1. The molecule has 6 nitrogen and oxygen atoms in total. The van der Waals surface area contributed by atoms with Crippen LogP contribution in [0.5, 0.6) is 0 Å². The minimum Gasteiger partial charge on any atom is -0.415 e. The maximum atomic E-state index is 7.11. The lowest BCUT2D eigenvalue weighted by Crippen LogP contribution is -2.65. The van der Waals surface area contributed by atoms with Crippen LogP contribution in [0, 0.1) is 0 Å². The molecule has 0 radical (unpaired) electrons. The molecule has 0 aliphatic rings. The second kappa shape index (κ2) is 13.4. The van der Waals surface area contributed by atoms with Crippen molar-refractivity contribution in [3.05, 3.63) is 0 Å². The van der Waals surface area contributed by atoms with Gasteiger partial charge in [0.15, 0.2) is 49.9 Å². The van der Waals surface area contributed by atoms with E-state index in [2.05, 4.69) is 125 Å². The average molecular weight is 629 g/mol. The minimum atomic E-state index is -2.03. The summed E-state index contributed by atoms with van der Waals surface area (Å²) in [6.45, 7) is 43.4. The molecule has 4 atom stereocenters. The van der Waals surface area contributed by atoms with Crippen LogP contribution in [0.4, 0.5) is 0 Å². The Bertz CT molecular complexity index is 683. The van der Waals surface area contributed by atoms with Crippen molar-refractivity contribution < 1.29 is 26.6 Å². The van der Waals surface area contributed by atoms with Crippen molar-refractivity contribution in [2.75, 3.05) is 13.2 Å². The first kappa shape index (κ1) is 38.1. The molecule has 0 heterocycles. The van der Waals surface area contributed by atoms with Gasteiger partial charge >= 0.3 is 0 Å². The van der Waals surface area contributed by atoms with Crippen molar-refractivity contribution in [1.82, 2.24) is 0 Å². The molecule has 12 heteroatoms. The lowest BCUT2D eigenvalue weighted by Gasteiger charge is -2.50. The Kier molecular flexibility index (Phi) is 13.7. The largest absolute Gasteiger partial charge is 0.415 e. The Morgan fingerprint density at radius 2 is 0.892 bits per heavy atom. The van der Waals surface area contributed by atoms with Gasteiger partial charge in [-0.15, -0.1) is 0 Å². The van der Waals surface area contributed by atoms with Gasteiger partial charge in [-0.2, -0.15) is 0 Å². The van der Waals surface area contributed by atoms with Crippen LogP contribution < -0.4 is 0 Å². The minimum absolute atomic E-state index is 0.247. The first-order valence-corrected chi connectivity index (χ1v) is 34.4. The molecule has 0 spiro atoms. The van der Waals surface area contributed by atoms with Gasteiger partial charge in [0.1, 0.15) is 11.7 Å². The van der Waals surface area contributed by atoms with E-state index in [4.69, 9.17) is 26.6 Å². The highest BCUT2D eigenvalue weighted by Crippen LogP contribution is 2.35. The number of hydrogen-bond acceptors (Lipinski definition) is 6. The Morgan fingerprint density at radius 1 is 0.486 bits per heavy atom. The Balaban J connectivity index is 7.06. The SMILES string of the molecule is C[C@@](CO[Si](C)(C)C)(O[Si](C)(C)C)[C@@H](O[Si](C)(C)C)[C@H](O[Si](C)(C)C)[C@@H](CO[Si](C)(C)C)O[Si](C)(C)C. The van der Waals surface area contributed by atoms with Crippen LogP contribution in [0.25, 0.3) is 0 Å². The summed E-state index contributed by atoms with van der Waals surface area (Å²) in [4.78, 5) is 0. The smallest absolute Gasteiger partial charge is 0.184 e. The molecule has 0 aromatic carbocycles. The van der Waals surface area contributed by atoms with Gasteiger partial charge in [0.25, 0.3) is 0 Å². The maximum Gasteiger partial charge on any atom is 0.184 e. The van der Waals surface area contributed by atoms with E-state index in [9.17, 15) is 0 Å². The summed E-state index contributed by atoms with van der Waals surface area (Å²) in [5.41, 5.74) is -0.685. The van der Waals surface area contributed by atoms with Crippen molar-refractivity contribution in [2.45, 2.75) is 149 Å². The molecule has 37 heavy (non-hydrogen) atoms. The topological polar surface area (TPSA) is 55.4 Å². The molecule has 0 aliphatic carbocycles. The highest BCUT2D eigenvalue weighted by Gasteiger charge is 2.51. The second-order valence-electron chi connectivity index (χ2n) is 16.5. The third kappa shape index (κ3) is 18.9. The molecule has 0 N–H and O–H groups in total. The molecule has 0 fully saturated rings. The fraction of sp³-hybridized carbons (Fsp3) is 1.00. The molecular weight excluding hydrogens is 565 g/mol. The van der Waals surface area contributed by atoms with Crippen LogP contribution >= 0.6 is 0 Å². The number of hydrogen-bond donors (Lipinski definition) is 0. The predicted molar refractivity (Wildman–Crippen MR) is 176 cm³/mol. The van der Waals surface area contributed by atoms with Crippen LogP contribution in [0.3, 0.4) is 0 Å². The predicted octanol–water partition coefficient (Wildman–Crippen LogP) is 7.96. The van der Waals surface area contributed by atoms with Gasteiger partial charge in [-0.25, -0.2) is 0 Å². The van der Waals surface area contributed by atoms with Gasteiger partial charge < -0.3 is 26.6 Å². The van der Waals surface area contributed by atoms with Crippen molar-refractivity contribution in [3.8, 4) is 0 Å². The van der Waals surface area contributed by atoms with Gasteiger partial charge in [0.2, 0.25) is 0 Å². The van der Waals surface area contributed by atoms with Gasteiger partial charge in [-0.05, 0) is 125 Å². The summed E-state index contributed by atoms with van der Waals surface area (Å²) in [5.74, 6) is 0. The summed E-state index contributed by atoms with van der Waals surface area (Å²) >= 11 is 0. The fourth-order valence-corrected chi connectivity index (χ4v) is 10.2. The first-order chi connectivity index (χ1) is 15.9. The van der Waals surface area contributed by atoms with Gasteiger partial charge in [0, 0.05) is 0 Å². The molecule has 0 aromatic rings. The highest BCUT2D eigenvalue weighted by molar-refractivity contribution is 6.72. The molecule has 0 amide bonds. The van der Waals surface area contributed by atoms with Crippen molar-refractivity contribution in [1.29, 1.82) is 0 Å². The summed E-state index contributed by atoms with van der Waals surface area (Å²) < 4.78 is 41.2. The molecule has 0 unspecified atom stereocenters. The van der Waals surface area contributed by atoms with E-state index in [1.807, 2.05) is 0 Å². The summed E-state index contributed by atoms with van der Waals surface area (Å²) in [6.07, 6.45) is -0.920. The Morgan fingerprint density at radius 3 is 1.22 bits per heavy atom. The normalized spacial score (nSPS) is 18.9. The summed E-state index contributed by atoms with van der Waals surface area (Å²) in [6, 6.07) is 0. The molecule has 0 bridgehead atoms. The van der Waals surface area contributed by atoms with E-state index >= 15 is 0 Å². The zero-order chi connectivity index (χ0) is 29.9. The van der Waals surface area contributed by atoms with Crippen LogP contribution in [0.1, 0.15) is 6.92 Å². The molecule has 0 saturated heterocycles. The standard InChI is InChI=1S/C25H64O6Si6/c1-25(31-37(17,18)19,21-27-33(5,6)7)24(30-36(14,15)16)23(29-35(11,12)13)22(28-34(8,9)10)20-26-32(2,3)4/h22-24H,20-21H2,1-19H3/t22-,23-,24+,25+/m1/s1. The van der Waals surface area contributed by atoms with Crippen LogP contribution in [0.15, 0.2) is 0 Å². The molecule has 0 saturated carbocycles. The average Bonchev–Trinajstić information content (AvgIpc) is 2.54. The highest BCUT2D eigenvalue weighted by atomic mass is 28.4. The summed E-state index contributed by atoms with van der Waals surface area (Å²) in [5, 5.41) is 0. The Labute approximate surface area is 237 Å². The van der Waals surface area contributed by atoms with Gasteiger partial charge in [-0.1, -0.05) is 0 Å². The van der Waals surface area contributed by atoms with E-state index in [-0.39, 0.29) is 18.3 Å². The summed E-state index contributed by atoms with van der Waals surface area (Å²) in [7, 11) is -11.6. The molecule has 0 aromatic heterocycles. The fourth-order valence-electron chi connectivity index (χ4n) is 3.87. The van der Waals surface area contributed by atoms with Crippen molar-refractivity contribution in [3.63, 3.8) is 0 Å². The second-order valence-corrected chi connectivity index (χ2v) is 43.3. The van der Waals surface area contributed by atoms with E-state index < -0.39 is 55.5 Å². The maximum absolute atomic E-state index is 7.11. The van der Waals surface area contributed by atoms with E-state index in [1.54, 1.807) is 0 Å². The first-order valence-electron chi connectivity index (χ1n) is 13.9. The van der Waals surface area contributed by atoms with Crippen molar-refractivity contribution >= 4 is 49.9 Å². The Hall–Kier alpha value is 1.06. The third-order valence-corrected chi connectivity index (χ3v) is 10.8. The van der Waals surface area contributed by atoms with Gasteiger partial charge in [0.05, 0.1) is 25.4 Å². The lowest BCUT2D eigenvalue weighted by molar-refractivity contribution is -0.137. The third-order valence-electron chi connectivity index (χ3n) is 4.75. The van der Waals surface area contributed by atoms with E-state index in [0.717, 1.165) is 0 Å². The van der Waals surface area contributed by atoms with Gasteiger partial charge in [-0.3, -0.25) is 0 Å². The van der Waals surface area contributed by atoms with Crippen LogP contribution in [0.2, 0.25) is 118 Å². The van der Waals surface area contributed by atoms with Crippen molar-refractivity contribution in [2.24, 2.45) is 0 Å². The molecule has 0 aliphatic heterocycles. The quantitative estimate of drug-likeness (QED) is 0.152. The van der Waals surface area contributed by atoms with Crippen LogP contribution in [-0.2, 0) is 26.6 Å². The lowest BCUT2D eigenvalue weighted by atomic mass is 9.93. The molecule has 0 rings (SSSR count). The molecule has 224 valence electrons. The molecular formula is C25H64O6Si6. The monoisotopic (exact) mass is 628 g/mol. The zero-order valence-electron chi connectivity index (χ0n) is 28.1. The van der Waals surface area contributed by atoms with Crippen LogP contribution in [-0.4, -0.2) is 87.0 Å². The van der Waals surface area contributed by atoms with E-state index in [1.165, 1.54) is 0 Å².